The summed E-state index contributed by atoms with van der Waals surface area (Å²) in [6.45, 7) is 0. The molecule has 3 nitrogen and oxygen atoms in total. The smallest absolute Gasteiger partial charge is 0.234 e. The van der Waals surface area contributed by atoms with E-state index >= 15 is 0 Å². The Hall–Kier alpha value is -1.90. The summed E-state index contributed by atoms with van der Waals surface area (Å²) in [6, 6.07) is 6.85. The lowest BCUT2D eigenvalue weighted by atomic mass is 9.67. The van der Waals surface area contributed by atoms with Crippen LogP contribution in [0.4, 0.5) is 0 Å². The fourth-order valence-corrected chi connectivity index (χ4v) is 5.62. The van der Waals surface area contributed by atoms with Crippen molar-refractivity contribution in [1.82, 2.24) is 0 Å². The molecule has 3 aliphatic rings. The van der Waals surface area contributed by atoms with E-state index in [2.05, 4.69) is 0 Å². The van der Waals surface area contributed by atoms with Crippen molar-refractivity contribution in [3.8, 4) is 0 Å². The van der Waals surface area contributed by atoms with Crippen LogP contribution >= 0.6 is 0 Å². The second kappa shape index (κ2) is 8.00. The summed E-state index contributed by atoms with van der Waals surface area (Å²) in [4.78, 5) is 24.7. The van der Waals surface area contributed by atoms with Crippen molar-refractivity contribution >= 4 is 17.3 Å². The number of carbonyl (C=O) groups excluding carboxylic acids is 2. The number of rotatable bonds is 5. The van der Waals surface area contributed by atoms with Crippen molar-refractivity contribution in [3.05, 3.63) is 41.0 Å². The van der Waals surface area contributed by atoms with Crippen LogP contribution in [0.2, 0.25) is 0 Å². The molecule has 0 amide bonds. The summed E-state index contributed by atoms with van der Waals surface area (Å²) < 4.78 is 0. The molecule has 2 fully saturated rings. The van der Waals surface area contributed by atoms with Gasteiger partial charge in [0.1, 0.15) is 5.76 Å². The molecule has 27 heavy (non-hydrogen) atoms. The van der Waals surface area contributed by atoms with Gasteiger partial charge in [0.25, 0.3) is 0 Å². The van der Waals surface area contributed by atoms with E-state index in [1.165, 1.54) is 51.4 Å². The monoisotopic (exact) mass is 366 g/mol. The molecule has 3 heteroatoms. The first-order valence-electron chi connectivity index (χ1n) is 10.8. The van der Waals surface area contributed by atoms with Crippen LogP contribution in [0.3, 0.4) is 0 Å². The van der Waals surface area contributed by atoms with Crippen molar-refractivity contribution in [1.29, 1.82) is 0 Å². The summed E-state index contributed by atoms with van der Waals surface area (Å²) in [5, 5.41) is 10.5. The van der Waals surface area contributed by atoms with Crippen LogP contribution in [-0.4, -0.2) is 16.7 Å². The van der Waals surface area contributed by atoms with E-state index in [0.717, 1.165) is 30.6 Å². The molecule has 0 aromatic heterocycles. The van der Waals surface area contributed by atoms with Crippen LogP contribution in [0.1, 0.15) is 86.6 Å². The molecule has 144 valence electrons. The van der Waals surface area contributed by atoms with Gasteiger partial charge in [0.15, 0.2) is 0 Å². The lowest BCUT2D eigenvalue weighted by Crippen LogP contribution is -2.27. The van der Waals surface area contributed by atoms with Crippen LogP contribution in [0.25, 0.3) is 5.76 Å². The molecule has 3 atom stereocenters. The SMILES string of the molecule is O=C1C(=O)c2ccccc2C(O)=C1CCCCC1CCC2CCCCC2C1. The first kappa shape index (κ1) is 18.5. The maximum absolute atomic E-state index is 12.4. The predicted octanol–water partition coefficient (Wildman–Crippen LogP) is 5.89. The van der Waals surface area contributed by atoms with Gasteiger partial charge in [-0.05, 0) is 43.4 Å². The Bertz CT molecular complexity index is 761. The van der Waals surface area contributed by atoms with E-state index in [4.69, 9.17) is 0 Å². The van der Waals surface area contributed by atoms with Gasteiger partial charge in [0, 0.05) is 16.7 Å². The van der Waals surface area contributed by atoms with Crippen molar-refractivity contribution in [3.63, 3.8) is 0 Å². The minimum absolute atomic E-state index is 0.0120. The Kier molecular flexibility index (Phi) is 5.47. The van der Waals surface area contributed by atoms with Crippen LogP contribution in [0.5, 0.6) is 0 Å². The summed E-state index contributed by atoms with van der Waals surface area (Å²) in [7, 11) is 0. The number of carbonyl (C=O) groups is 2. The summed E-state index contributed by atoms with van der Waals surface area (Å²) in [5.41, 5.74) is 1.15. The molecule has 3 aliphatic carbocycles. The van der Waals surface area contributed by atoms with Crippen LogP contribution in [-0.2, 0) is 4.79 Å². The number of hydrogen-bond acceptors (Lipinski definition) is 3. The molecule has 1 N–H and O–H groups in total. The average molecular weight is 367 g/mol. The van der Waals surface area contributed by atoms with Gasteiger partial charge in [-0.15, -0.1) is 0 Å². The number of fused-ring (bicyclic) bond motifs is 2. The van der Waals surface area contributed by atoms with Gasteiger partial charge in [-0.2, -0.15) is 0 Å². The van der Waals surface area contributed by atoms with Crippen molar-refractivity contribution in [2.24, 2.45) is 17.8 Å². The van der Waals surface area contributed by atoms with Crippen molar-refractivity contribution in [2.75, 3.05) is 0 Å². The minimum Gasteiger partial charge on any atom is -0.507 e. The van der Waals surface area contributed by atoms with Gasteiger partial charge >= 0.3 is 0 Å². The summed E-state index contributed by atoms with van der Waals surface area (Å²) in [5.74, 6) is 1.79. The van der Waals surface area contributed by atoms with Gasteiger partial charge in [-0.3, -0.25) is 9.59 Å². The van der Waals surface area contributed by atoms with E-state index in [-0.39, 0.29) is 5.76 Å². The Morgan fingerprint density at radius 3 is 2.41 bits per heavy atom. The quantitative estimate of drug-likeness (QED) is 0.522. The topological polar surface area (TPSA) is 54.4 Å². The second-order valence-electron chi connectivity index (χ2n) is 8.76. The number of Topliss-reactive ketones (excluding diaryl/α,β-unsaturated/α-hetero) is 2. The fourth-order valence-electron chi connectivity index (χ4n) is 5.62. The normalized spacial score (nSPS) is 28.1. The van der Waals surface area contributed by atoms with E-state index < -0.39 is 11.6 Å². The number of aliphatic hydroxyl groups is 1. The molecule has 0 radical (unpaired) electrons. The zero-order valence-corrected chi connectivity index (χ0v) is 16.1. The third kappa shape index (κ3) is 3.74. The lowest BCUT2D eigenvalue weighted by Gasteiger charge is -2.39. The highest BCUT2D eigenvalue weighted by Gasteiger charge is 2.33. The van der Waals surface area contributed by atoms with Gasteiger partial charge in [0.05, 0.1) is 0 Å². The molecule has 0 saturated heterocycles. The number of unbranched alkanes of at least 4 members (excludes halogenated alkanes) is 1. The number of benzene rings is 1. The summed E-state index contributed by atoms with van der Waals surface area (Å²) in [6.07, 6.45) is 13.5. The van der Waals surface area contributed by atoms with Gasteiger partial charge in [-0.25, -0.2) is 0 Å². The van der Waals surface area contributed by atoms with E-state index in [9.17, 15) is 14.7 Å². The Labute approximate surface area is 161 Å². The molecular formula is C24H30O3. The lowest BCUT2D eigenvalue weighted by molar-refractivity contribution is -0.112. The maximum Gasteiger partial charge on any atom is 0.234 e. The molecule has 0 bridgehead atoms. The molecule has 4 rings (SSSR count). The van der Waals surface area contributed by atoms with Gasteiger partial charge < -0.3 is 5.11 Å². The zero-order chi connectivity index (χ0) is 18.8. The minimum atomic E-state index is -0.520. The van der Waals surface area contributed by atoms with Crippen LogP contribution < -0.4 is 0 Å². The van der Waals surface area contributed by atoms with Crippen molar-refractivity contribution < 1.29 is 14.7 Å². The Morgan fingerprint density at radius 2 is 1.59 bits per heavy atom. The third-order valence-electron chi connectivity index (χ3n) is 7.13. The first-order chi connectivity index (χ1) is 13.1. The number of allylic oxidation sites excluding steroid dienone is 1. The molecule has 1 aromatic rings. The highest BCUT2D eigenvalue weighted by molar-refractivity contribution is 6.52. The van der Waals surface area contributed by atoms with E-state index in [1.807, 2.05) is 0 Å². The fraction of sp³-hybridized carbons (Fsp3) is 0.583. The van der Waals surface area contributed by atoms with Crippen LogP contribution in [0.15, 0.2) is 29.8 Å². The molecule has 3 unspecified atom stereocenters. The van der Waals surface area contributed by atoms with Gasteiger partial charge in [-0.1, -0.05) is 69.2 Å². The van der Waals surface area contributed by atoms with E-state index in [0.29, 0.717) is 23.1 Å². The predicted molar refractivity (Wildman–Crippen MR) is 107 cm³/mol. The van der Waals surface area contributed by atoms with Gasteiger partial charge in [0.2, 0.25) is 11.6 Å². The first-order valence-corrected chi connectivity index (χ1v) is 10.8. The standard InChI is InChI=1S/C24H30O3/c25-22-19-10-5-6-11-20(19)23(26)24(27)21(22)12-4-1-7-16-13-14-17-8-2-3-9-18(17)15-16/h5-6,10-11,16-18,25H,1-4,7-9,12-15H2. The molecule has 1 aromatic carbocycles. The average Bonchev–Trinajstić information content (AvgIpc) is 2.71. The van der Waals surface area contributed by atoms with Crippen LogP contribution in [0, 0.1) is 17.8 Å². The number of hydrogen-bond donors (Lipinski definition) is 1. The molecule has 2 saturated carbocycles. The highest BCUT2D eigenvalue weighted by atomic mass is 16.3. The number of aliphatic hydroxyl groups excluding tert-OH is 1. The zero-order valence-electron chi connectivity index (χ0n) is 16.1. The molecule has 0 heterocycles. The highest BCUT2D eigenvalue weighted by Crippen LogP contribution is 2.44. The molecule has 0 spiro atoms. The number of ketones is 2. The summed E-state index contributed by atoms with van der Waals surface area (Å²) >= 11 is 0. The molecular weight excluding hydrogens is 336 g/mol. The Morgan fingerprint density at radius 1 is 0.852 bits per heavy atom. The second-order valence-corrected chi connectivity index (χ2v) is 8.76. The Balaban J connectivity index is 1.31. The van der Waals surface area contributed by atoms with E-state index in [1.54, 1.807) is 24.3 Å². The molecule has 0 aliphatic heterocycles. The van der Waals surface area contributed by atoms with Crippen molar-refractivity contribution in [2.45, 2.75) is 70.6 Å². The maximum atomic E-state index is 12.4. The third-order valence-corrected chi connectivity index (χ3v) is 7.13. The largest absolute Gasteiger partial charge is 0.507 e.